The first-order valence-corrected chi connectivity index (χ1v) is 6.57. The molecule has 0 aliphatic carbocycles. The largest absolute Gasteiger partial charge is 0.462 e. The number of hydrogen-bond acceptors (Lipinski definition) is 4. The molecule has 0 spiro atoms. The number of anilines is 1. The Hall–Kier alpha value is -1.88. The molecule has 1 aromatic heterocycles. The van der Waals surface area contributed by atoms with Gasteiger partial charge in [-0.25, -0.2) is 4.79 Å². The Balaban J connectivity index is 1.89. The number of nitrogens with two attached hydrogens (primary N) is 1. The maximum Gasteiger partial charge on any atom is 0.338 e. The van der Waals surface area contributed by atoms with Gasteiger partial charge in [0.1, 0.15) is 0 Å². The number of nitrogen functional groups attached to an aromatic ring is 1. The van der Waals surface area contributed by atoms with Gasteiger partial charge in [-0.15, -0.1) is 0 Å². The van der Waals surface area contributed by atoms with Crippen LogP contribution in [0.2, 0.25) is 0 Å². The Morgan fingerprint density at radius 1 is 1.37 bits per heavy atom. The molecule has 2 N–H and O–H groups in total. The van der Waals surface area contributed by atoms with E-state index in [0.29, 0.717) is 24.3 Å². The molecule has 0 bridgehead atoms. The van der Waals surface area contributed by atoms with E-state index in [-0.39, 0.29) is 5.97 Å². The van der Waals surface area contributed by atoms with Crippen molar-refractivity contribution in [3.63, 3.8) is 0 Å². The van der Waals surface area contributed by atoms with Crippen LogP contribution in [0.5, 0.6) is 0 Å². The second kappa shape index (κ2) is 6.33. The SMILES string of the molecule is Nc1cc(C(=O)OCCc2cccnc2)ccc1Br. The topological polar surface area (TPSA) is 65.2 Å². The number of nitrogens with zero attached hydrogens (tertiary/aromatic N) is 1. The molecular formula is C14H13BrN2O2. The molecule has 2 aromatic rings. The minimum absolute atomic E-state index is 0.320. The van der Waals surface area contributed by atoms with Gasteiger partial charge in [0.25, 0.3) is 0 Å². The molecule has 0 atom stereocenters. The second-order valence-corrected chi connectivity index (χ2v) is 4.84. The number of benzene rings is 1. The van der Waals surface area contributed by atoms with Crippen molar-refractivity contribution in [1.29, 1.82) is 0 Å². The maximum atomic E-state index is 11.8. The number of ether oxygens (including phenoxy) is 1. The number of pyridine rings is 1. The summed E-state index contributed by atoms with van der Waals surface area (Å²) in [5, 5.41) is 0. The van der Waals surface area contributed by atoms with Crippen molar-refractivity contribution in [2.75, 3.05) is 12.3 Å². The zero-order valence-corrected chi connectivity index (χ0v) is 11.8. The molecular weight excluding hydrogens is 308 g/mol. The fraction of sp³-hybridized carbons (Fsp3) is 0.143. The second-order valence-electron chi connectivity index (χ2n) is 3.98. The summed E-state index contributed by atoms with van der Waals surface area (Å²) in [6, 6.07) is 8.79. The van der Waals surface area contributed by atoms with E-state index in [1.165, 1.54) is 0 Å². The lowest BCUT2D eigenvalue weighted by Gasteiger charge is -2.06. The van der Waals surface area contributed by atoms with Gasteiger partial charge in [0.2, 0.25) is 0 Å². The smallest absolute Gasteiger partial charge is 0.338 e. The summed E-state index contributed by atoms with van der Waals surface area (Å²) in [7, 11) is 0. The number of aromatic nitrogens is 1. The molecule has 0 saturated carbocycles. The van der Waals surface area contributed by atoms with Crippen LogP contribution >= 0.6 is 15.9 Å². The van der Waals surface area contributed by atoms with E-state index < -0.39 is 0 Å². The number of esters is 1. The zero-order chi connectivity index (χ0) is 13.7. The minimum atomic E-state index is -0.372. The molecule has 19 heavy (non-hydrogen) atoms. The van der Waals surface area contributed by atoms with E-state index in [2.05, 4.69) is 20.9 Å². The van der Waals surface area contributed by atoms with E-state index in [1.807, 2.05) is 12.1 Å². The summed E-state index contributed by atoms with van der Waals surface area (Å²) in [5.74, 6) is -0.372. The molecule has 98 valence electrons. The molecule has 0 aliphatic rings. The summed E-state index contributed by atoms with van der Waals surface area (Å²) in [4.78, 5) is 15.8. The number of halogens is 1. The maximum absolute atomic E-state index is 11.8. The molecule has 2 rings (SSSR count). The molecule has 0 amide bonds. The summed E-state index contributed by atoms with van der Waals surface area (Å²) >= 11 is 3.28. The Labute approximate surface area is 119 Å². The summed E-state index contributed by atoms with van der Waals surface area (Å²) in [6.45, 7) is 0.320. The van der Waals surface area contributed by atoms with Crippen molar-refractivity contribution in [2.45, 2.75) is 6.42 Å². The standard InChI is InChI=1S/C14H13BrN2O2/c15-12-4-3-11(8-13(12)16)14(18)19-7-5-10-2-1-6-17-9-10/h1-4,6,8-9H,5,7,16H2. The number of carbonyl (C=O) groups excluding carboxylic acids is 1. The molecule has 0 aliphatic heterocycles. The monoisotopic (exact) mass is 320 g/mol. The van der Waals surface area contributed by atoms with Crippen molar-refractivity contribution in [3.8, 4) is 0 Å². The highest BCUT2D eigenvalue weighted by molar-refractivity contribution is 9.10. The third-order valence-electron chi connectivity index (χ3n) is 2.58. The predicted molar refractivity (Wildman–Crippen MR) is 76.8 cm³/mol. The van der Waals surface area contributed by atoms with Crippen molar-refractivity contribution < 1.29 is 9.53 Å². The van der Waals surface area contributed by atoms with Gasteiger partial charge in [0, 0.05) is 29.0 Å². The van der Waals surface area contributed by atoms with Crippen LogP contribution in [-0.2, 0) is 11.2 Å². The Morgan fingerprint density at radius 3 is 2.89 bits per heavy atom. The number of hydrogen-bond donors (Lipinski definition) is 1. The van der Waals surface area contributed by atoms with Crippen LogP contribution in [0.1, 0.15) is 15.9 Å². The van der Waals surface area contributed by atoms with Crippen LogP contribution < -0.4 is 5.73 Å². The predicted octanol–water partition coefficient (Wildman–Crippen LogP) is 2.83. The van der Waals surface area contributed by atoms with Gasteiger partial charge < -0.3 is 10.5 Å². The van der Waals surface area contributed by atoms with E-state index in [4.69, 9.17) is 10.5 Å². The molecule has 0 unspecified atom stereocenters. The molecule has 5 heteroatoms. The van der Waals surface area contributed by atoms with E-state index >= 15 is 0 Å². The van der Waals surface area contributed by atoms with Crippen LogP contribution in [0, 0.1) is 0 Å². The minimum Gasteiger partial charge on any atom is -0.462 e. The lowest BCUT2D eigenvalue weighted by atomic mass is 10.2. The lowest BCUT2D eigenvalue weighted by molar-refractivity contribution is 0.0509. The molecule has 0 fully saturated rings. The number of rotatable bonds is 4. The quantitative estimate of drug-likeness (QED) is 0.695. The van der Waals surface area contributed by atoms with Gasteiger partial charge in [-0.3, -0.25) is 4.98 Å². The van der Waals surface area contributed by atoms with Gasteiger partial charge in [-0.1, -0.05) is 6.07 Å². The van der Waals surface area contributed by atoms with Crippen LogP contribution in [-0.4, -0.2) is 17.6 Å². The number of carbonyl (C=O) groups is 1. The molecule has 0 saturated heterocycles. The van der Waals surface area contributed by atoms with Crippen LogP contribution in [0.15, 0.2) is 47.2 Å². The van der Waals surface area contributed by atoms with Gasteiger partial charge in [-0.05, 0) is 45.8 Å². The van der Waals surface area contributed by atoms with E-state index in [1.54, 1.807) is 30.6 Å². The first-order valence-electron chi connectivity index (χ1n) is 5.78. The van der Waals surface area contributed by atoms with Crippen molar-refractivity contribution >= 4 is 27.6 Å². The highest BCUT2D eigenvalue weighted by Gasteiger charge is 2.08. The third-order valence-corrected chi connectivity index (χ3v) is 3.30. The molecule has 1 heterocycles. The van der Waals surface area contributed by atoms with Crippen LogP contribution in [0.4, 0.5) is 5.69 Å². The Kier molecular flexibility index (Phi) is 4.52. The average Bonchev–Trinajstić information content (AvgIpc) is 2.43. The van der Waals surface area contributed by atoms with Crippen LogP contribution in [0.3, 0.4) is 0 Å². The van der Waals surface area contributed by atoms with Gasteiger partial charge in [0.15, 0.2) is 0 Å². The van der Waals surface area contributed by atoms with E-state index in [0.717, 1.165) is 10.0 Å². The fourth-order valence-corrected chi connectivity index (χ4v) is 1.81. The van der Waals surface area contributed by atoms with Crippen molar-refractivity contribution in [1.82, 2.24) is 4.98 Å². The summed E-state index contributed by atoms with van der Waals surface area (Å²) in [5.41, 5.74) is 7.71. The summed E-state index contributed by atoms with van der Waals surface area (Å²) < 4.78 is 5.95. The summed E-state index contributed by atoms with van der Waals surface area (Å²) in [6.07, 6.45) is 4.11. The third kappa shape index (κ3) is 3.79. The molecule has 0 radical (unpaired) electrons. The highest BCUT2D eigenvalue weighted by atomic mass is 79.9. The van der Waals surface area contributed by atoms with Gasteiger partial charge in [-0.2, -0.15) is 0 Å². The Bertz CT molecular complexity index is 573. The van der Waals surface area contributed by atoms with Gasteiger partial charge >= 0.3 is 5.97 Å². The first-order chi connectivity index (χ1) is 9.16. The van der Waals surface area contributed by atoms with E-state index in [9.17, 15) is 4.79 Å². The first kappa shape index (κ1) is 13.5. The molecule has 4 nitrogen and oxygen atoms in total. The van der Waals surface area contributed by atoms with Gasteiger partial charge in [0.05, 0.1) is 12.2 Å². The Morgan fingerprint density at radius 2 is 2.21 bits per heavy atom. The average molecular weight is 321 g/mol. The van der Waals surface area contributed by atoms with Crippen molar-refractivity contribution in [2.24, 2.45) is 0 Å². The lowest BCUT2D eigenvalue weighted by Crippen LogP contribution is -2.08. The fourth-order valence-electron chi connectivity index (χ4n) is 1.56. The molecule has 1 aromatic carbocycles. The van der Waals surface area contributed by atoms with Crippen LogP contribution in [0.25, 0.3) is 0 Å². The highest BCUT2D eigenvalue weighted by Crippen LogP contribution is 2.20. The zero-order valence-electron chi connectivity index (χ0n) is 10.2. The normalized spacial score (nSPS) is 10.2. The van der Waals surface area contributed by atoms with Crippen molar-refractivity contribution in [3.05, 3.63) is 58.3 Å².